The largest absolute Gasteiger partial charge is 0.456 e. The SMILES string of the molecule is CC1(C)c2ccccc2-c2cc(N(c3ccc(-c4ccc5oc6ccccc6c5c4)cc3)c3ccc4c(c3)-c3ccccc3C4(C)C)ccc21.PP(P)P(P)P(P(P(P)P)P(P)P)P(P(P(P(P)P)P(P)P)P(P(P)P)P(P)P)P(P(P(P)P)P(P)P)P(P(P)P)P(P)P. The summed E-state index contributed by atoms with van der Waals surface area (Å²) in [6.07, 6.45) is 0. The molecule has 25 unspecified atom stereocenters. The highest BCUT2D eigenvalue weighted by Crippen LogP contribution is 3.44. The van der Waals surface area contributed by atoms with E-state index in [1.807, 2.05) is 12.1 Å². The lowest BCUT2D eigenvalue weighted by Crippen LogP contribution is -2.16. The average molecular weight is 2050 g/mol. The third kappa shape index (κ3) is 21.3. The molecule has 1 heterocycles. The third-order valence-electron chi connectivity index (χ3n) is 15.3. The van der Waals surface area contributed by atoms with Crippen LogP contribution in [0.1, 0.15) is 49.9 Å². The number of nitrogens with zero attached hydrogens (tertiary/aromatic N) is 1. The van der Waals surface area contributed by atoms with Crippen molar-refractivity contribution in [1.82, 2.24) is 0 Å². The predicted octanol–water partition coefficient (Wildman–Crippen LogP) is 38.9. The van der Waals surface area contributed by atoms with Gasteiger partial charge in [-0.1, -0.05) is 125 Å². The Balaban J connectivity index is 0.000000224. The zero-order chi connectivity index (χ0) is 68.9. The van der Waals surface area contributed by atoms with E-state index in [0.29, 0.717) is 0 Å². The quantitative estimate of drug-likeness (QED) is 0.0561. The van der Waals surface area contributed by atoms with Crippen molar-refractivity contribution in [1.29, 1.82) is 0 Å². The minimum atomic E-state index is -0.154. The van der Waals surface area contributed by atoms with E-state index in [-0.39, 0.29) is 158 Å². The standard InChI is InChI=1S/C48H37NO.H46P44/c1-47(2)41-14-8-5-11-35(41)38-28-33(22-24-43(38)47)49(34-23-25-44-39(29-34)36-12-6-9-15-42(36)48(44,3)4)32-20-17-30(18-21-32)31-19-26-46-40(27-31)37-13-7-10-16-45(37)50-46;1-24(2)35(23)41(36(25(3)4)26(5)6)44(42(37(27(7)8)28(9)10)38(29(11)12)30(13)14)43(39(31(15)16)32(17)18)40(33(19)20)34(21)22/h5-29H,1-4H3;1-23H2. The second kappa shape index (κ2) is 41.4. The van der Waals surface area contributed by atoms with Gasteiger partial charge in [0, 0.05) is 38.7 Å². The van der Waals surface area contributed by atoms with Crippen molar-refractivity contribution in [2.24, 2.45) is 0 Å². The maximum Gasteiger partial charge on any atom is 0.135 e. The molecule has 46 heteroatoms. The fourth-order valence-corrected chi connectivity index (χ4v) is 614. The van der Waals surface area contributed by atoms with E-state index < -0.39 is 0 Å². The number of para-hydroxylation sites is 1. The molecule has 0 bridgehead atoms. The Morgan fingerprint density at radius 2 is 0.585 bits per heavy atom. The normalized spacial score (nSPS) is 15.2. The van der Waals surface area contributed by atoms with E-state index in [0.717, 1.165) is 39.0 Å². The topological polar surface area (TPSA) is 16.4 Å². The highest BCUT2D eigenvalue weighted by molar-refractivity contribution is 9.50. The number of furan rings is 1. The first kappa shape index (κ1) is 91.0. The van der Waals surface area contributed by atoms with Crippen LogP contribution in [0.15, 0.2) is 156 Å². The van der Waals surface area contributed by atoms with E-state index in [4.69, 9.17) is 4.42 Å². The van der Waals surface area contributed by atoms with Crippen LogP contribution < -0.4 is 4.90 Å². The maximum atomic E-state index is 6.12. The number of benzene rings is 7. The summed E-state index contributed by atoms with van der Waals surface area (Å²) < 4.78 is 6.12. The lowest BCUT2D eigenvalue weighted by Gasteiger charge is -2.57. The molecule has 2 aliphatic carbocycles. The van der Waals surface area contributed by atoms with Gasteiger partial charge in [-0.05, 0) is 257 Å². The Morgan fingerprint density at radius 1 is 0.266 bits per heavy atom. The smallest absolute Gasteiger partial charge is 0.135 e. The highest BCUT2D eigenvalue weighted by atomic mass is 33.6. The predicted molar refractivity (Wildman–Crippen MR) is 578 cm³/mol. The van der Waals surface area contributed by atoms with Crippen LogP contribution in [0.3, 0.4) is 0 Å². The molecule has 2 nitrogen and oxygen atoms in total. The second-order valence-corrected chi connectivity index (χ2v) is 202. The summed E-state index contributed by atoms with van der Waals surface area (Å²) in [6.45, 7) is 6.76. The molecule has 2 aliphatic rings. The van der Waals surface area contributed by atoms with Crippen molar-refractivity contribution in [2.45, 2.75) is 38.5 Å². The van der Waals surface area contributed by atoms with Gasteiger partial charge in [-0.2, -0.15) is 0 Å². The van der Waals surface area contributed by atoms with Crippen LogP contribution in [0.2, 0.25) is 0 Å². The molecule has 7 aromatic carbocycles. The van der Waals surface area contributed by atoms with Crippen LogP contribution in [-0.4, -0.2) is 0 Å². The van der Waals surface area contributed by atoms with Crippen LogP contribution in [0.5, 0.6) is 0 Å². The summed E-state index contributed by atoms with van der Waals surface area (Å²) in [4.78, 5) is 2.43. The number of hydrogen-bond donors (Lipinski definition) is 0. The monoisotopic (exact) mass is 2050 g/mol. The van der Waals surface area contributed by atoms with Crippen molar-refractivity contribution in [3.8, 4) is 33.4 Å². The maximum absolute atomic E-state index is 6.12. The fraction of sp³-hybridized carbons (Fsp3) is 0.125. The van der Waals surface area contributed by atoms with Gasteiger partial charge in [-0.3, -0.25) is 0 Å². The Labute approximate surface area is 638 Å². The van der Waals surface area contributed by atoms with E-state index in [1.54, 1.807) is 0 Å². The van der Waals surface area contributed by atoms with Crippen molar-refractivity contribution < 1.29 is 4.42 Å². The minimum Gasteiger partial charge on any atom is -0.456 e. The summed E-state index contributed by atoms with van der Waals surface area (Å²) >= 11 is 0. The molecule has 0 aliphatic heterocycles. The van der Waals surface area contributed by atoms with Gasteiger partial charge in [0.15, 0.2) is 0 Å². The Kier molecular flexibility index (Phi) is 40.1. The van der Waals surface area contributed by atoms with E-state index in [2.05, 4.69) is 377 Å². The first-order chi connectivity index (χ1) is 44.2. The summed E-state index contributed by atoms with van der Waals surface area (Å²) in [5.74, 6) is 0. The molecule has 0 amide bonds. The zero-order valence-electron chi connectivity index (χ0n) is 51.5. The van der Waals surface area contributed by atoms with Gasteiger partial charge in [0.2, 0.25) is 0 Å². The van der Waals surface area contributed by atoms with Crippen molar-refractivity contribution in [3.63, 3.8) is 0 Å². The van der Waals surface area contributed by atoms with Gasteiger partial charge in [-0.15, -0.1) is 205 Å². The first-order valence-electron chi connectivity index (χ1n) is 27.5. The molecule has 0 saturated carbocycles. The second-order valence-electron chi connectivity index (χ2n) is 21.9. The van der Waals surface area contributed by atoms with E-state index in [9.17, 15) is 0 Å². The van der Waals surface area contributed by atoms with Crippen LogP contribution in [0.25, 0.3) is 55.3 Å². The number of fused-ring (bicyclic) bond motifs is 9. The van der Waals surface area contributed by atoms with Crippen molar-refractivity contribution >= 4 is 391 Å². The molecule has 0 radical (unpaired) electrons. The highest BCUT2D eigenvalue weighted by Gasteiger charge is 2.57. The van der Waals surface area contributed by atoms with Gasteiger partial charge < -0.3 is 9.32 Å². The Bertz CT molecular complexity index is 3650. The molecule has 0 fully saturated rings. The molecule has 8 aromatic rings. The summed E-state index contributed by atoms with van der Waals surface area (Å²) in [7, 11) is 78.8. The first-order valence-corrected chi connectivity index (χ1v) is 107. The molecule has 0 spiro atoms. The summed E-state index contributed by atoms with van der Waals surface area (Å²) in [5, 5.41) is 2.29. The van der Waals surface area contributed by atoms with Gasteiger partial charge in [0.05, 0.1) is 0 Å². The molecular formula is C48H83NOP44. The molecule has 1 aromatic heterocycles. The van der Waals surface area contributed by atoms with Gasteiger partial charge in [-0.25, -0.2) is 0 Å². The van der Waals surface area contributed by atoms with Crippen LogP contribution in [0, 0.1) is 0 Å². The summed E-state index contributed by atoms with van der Waals surface area (Å²) in [6, 6.07) is 55.7. The zero-order valence-corrected chi connectivity index (χ0v) is 96.8. The number of rotatable bonds is 24. The van der Waals surface area contributed by atoms with Crippen LogP contribution in [0.4, 0.5) is 17.1 Å². The Hall–Kier alpha value is 13.1. The fourth-order valence-electron chi connectivity index (χ4n) is 11.3. The van der Waals surface area contributed by atoms with Gasteiger partial charge in [0.1, 0.15) is 11.2 Å². The Morgan fingerprint density at radius 3 is 0.979 bits per heavy atom. The molecule has 0 saturated heterocycles. The van der Waals surface area contributed by atoms with Crippen molar-refractivity contribution in [2.75, 3.05) is 4.90 Å². The number of hydrogen-bond acceptors (Lipinski definition) is 2. The van der Waals surface area contributed by atoms with Gasteiger partial charge in [0.25, 0.3) is 0 Å². The van der Waals surface area contributed by atoms with Crippen LogP contribution >= 0.6 is 352 Å². The van der Waals surface area contributed by atoms with E-state index >= 15 is 0 Å². The van der Waals surface area contributed by atoms with Crippen molar-refractivity contribution in [3.05, 3.63) is 174 Å². The average Bonchev–Trinajstić information content (AvgIpc) is 1.38. The minimum absolute atomic E-state index is 0.0405. The molecule has 10 rings (SSSR count). The molecule has 25 atom stereocenters. The lowest BCUT2D eigenvalue weighted by atomic mass is 9.82. The molecule has 94 heavy (non-hydrogen) atoms. The number of anilines is 3. The van der Waals surface area contributed by atoms with Gasteiger partial charge >= 0.3 is 0 Å². The lowest BCUT2D eigenvalue weighted by molar-refractivity contribution is 0.660. The third-order valence-corrected chi connectivity index (χ3v) is 316. The summed E-state index contributed by atoms with van der Waals surface area (Å²) in [5.41, 5.74) is 18.4. The molecule has 506 valence electrons. The molecule has 0 N–H and O–H groups in total. The molecular weight excluding hydrogens is 1970 g/mol. The van der Waals surface area contributed by atoms with Crippen LogP contribution in [-0.2, 0) is 10.8 Å². The van der Waals surface area contributed by atoms with E-state index in [1.165, 1.54) is 55.6 Å².